The van der Waals surface area contributed by atoms with E-state index >= 15 is 0 Å². The molecule has 4 rings (SSSR count). The fourth-order valence-electron chi connectivity index (χ4n) is 2.93. The third kappa shape index (κ3) is 3.49. The molecule has 3 aromatic rings. The summed E-state index contributed by atoms with van der Waals surface area (Å²) in [6.07, 6.45) is 7.12. The smallest absolute Gasteiger partial charge is 0.162 e. The van der Waals surface area contributed by atoms with E-state index in [4.69, 9.17) is 9.97 Å². The Balaban J connectivity index is 1.78. The zero-order chi connectivity index (χ0) is 17.1. The summed E-state index contributed by atoms with van der Waals surface area (Å²) in [5.74, 6) is 1.70. The maximum atomic E-state index is 4.83. The summed E-state index contributed by atoms with van der Waals surface area (Å²) < 4.78 is 0. The first-order valence-corrected chi connectivity index (χ1v) is 8.43. The van der Waals surface area contributed by atoms with Crippen LogP contribution >= 0.6 is 0 Å². The lowest BCUT2D eigenvalue weighted by atomic mass is 10.1. The van der Waals surface area contributed by atoms with Crippen LogP contribution in [-0.2, 0) is 0 Å². The number of likely N-dealkylation sites (N-methyl/N-ethyl adjacent to an activating group) is 1. The van der Waals surface area contributed by atoms with Gasteiger partial charge in [-0.25, -0.2) is 9.97 Å². The molecule has 0 bridgehead atoms. The molecule has 6 heteroatoms. The molecule has 0 atom stereocenters. The molecule has 0 aliphatic carbocycles. The van der Waals surface area contributed by atoms with Crippen LogP contribution in [-0.4, -0.2) is 58.1 Å². The van der Waals surface area contributed by atoms with E-state index in [1.807, 2.05) is 24.3 Å². The molecule has 25 heavy (non-hydrogen) atoms. The van der Waals surface area contributed by atoms with Gasteiger partial charge in [0.2, 0.25) is 0 Å². The Morgan fingerprint density at radius 3 is 2.00 bits per heavy atom. The Morgan fingerprint density at radius 1 is 0.760 bits per heavy atom. The number of anilines is 1. The van der Waals surface area contributed by atoms with Crippen LogP contribution in [0.25, 0.3) is 22.6 Å². The molecular formula is C19H20N6. The van der Waals surface area contributed by atoms with Gasteiger partial charge in [-0.15, -0.1) is 0 Å². The lowest BCUT2D eigenvalue weighted by Crippen LogP contribution is -2.44. The number of nitrogens with zero attached hydrogens (tertiary/aromatic N) is 6. The number of hydrogen-bond donors (Lipinski definition) is 0. The van der Waals surface area contributed by atoms with E-state index in [1.54, 1.807) is 24.8 Å². The molecule has 0 aromatic carbocycles. The van der Waals surface area contributed by atoms with E-state index < -0.39 is 0 Å². The number of hydrogen-bond acceptors (Lipinski definition) is 6. The normalized spacial score (nSPS) is 15.3. The third-order valence-corrected chi connectivity index (χ3v) is 4.45. The molecule has 4 heterocycles. The van der Waals surface area contributed by atoms with Crippen LogP contribution in [0.5, 0.6) is 0 Å². The molecule has 126 valence electrons. The van der Waals surface area contributed by atoms with Gasteiger partial charge in [-0.2, -0.15) is 0 Å². The van der Waals surface area contributed by atoms with Gasteiger partial charge in [0.25, 0.3) is 0 Å². The second-order valence-electron chi connectivity index (χ2n) is 6.20. The van der Waals surface area contributed by atoms with Crippen LogP contribution < -0.4 is 4.90 Å². The summed E-state index contributed by atoms with van der Waals surface area (Å²) in [7, 11) is 2.15. The molecule has 1 saturated heterocycles. The van der Waals surface area contributed by atoms with Crippen LogP contribution in [0.15, 0.2) is 55.1 Å². The van der Waals surface area contributed by atoms with Crippen molar-refractivity contribution in [2.24, 2.45) is 0 Å². The van der Waals surface area contributed by atoms with Crippen molar-refractivity contribution in [2.75, 3.05) is 38.1 Å². The zero-order valence-corrected chi connectivity index (χ0v) is 14.2. The minimum absolute atomic E-state index is 0.727. The summed E-state index contributed by atoms with van der Waals surface area (Å²) in [6, 6.07) is 9.92. The first-order valence-electron chi connectivity index (χ1n) is 8.43. The molecule has 6 nitrogen and oxygen atoms in total. The molecule has 0 N–H and O–H groups in total. The number of rotatable bonds is 3. The fraction of sp³-hybridized carbons (Fsp3) is 0.263. The molecule has 0 radical (unpaired) electrons. The largest absolute Gasteiger partial charge is 0.354 e. The molecule has 0 amide bonds. The fourth-order valence-corrected chi connectivity index (χ4v) is 2.93. The predicted molar refractivity (Wildman–Crippen MR) is 98.2 cm³/mol. The highest BCUT2D eigenvalue weighted by molar-refractivity contribution is 5.67. The van der Waals surface area contributed by atoms with Gasteiger partial charge in [-0.3, -0.25) is 9.97 Å². The monoisotopic (exact) mass is 332 g/mol. The molecule has 0 saturated carbocycles. The topological polar surface area (TPSA) is 58.0 Å². The van der Waals surface area contributed by atoms with Gasteiger partial charge < -0.3 is 9.80 Å². The van der Waals surface area contributed by atoms with Crippen LogP contribution in [0, 0.1) is 0 Å². The minimum Gasteiger partial charge on any atom is -0.354 e. The van der Waals surface area contributed by atoms with Crippen molar-refractivity contribution in [3.05, 3.63) is 55.1 Å². The van der Waals surface area contributed by atoms with Crippen molar-refractivity contribution in [2.45, 2.75) is 0 Å². The molecule has 1 aliphatic heterocycles. The lowest BCUT2D eigenvalue weighted by Gasteiger charge is -2.33. The minimum atomic E-state index is 0.727. The van der Waals surface area contributed by atoms with Crippen molar-refractivity contribution in [3.8, 4) is 22.6 Å². The maximum Gasteiger partial charge on any atom is 0.162 e. The first kappa shape index (κ1) is 15.7. The van der Waals surface area contributed by atoms with Gasteiger partial charge in [0, 0.05) is 68.2 Å². The Hall–Kier alpha value is -2.86. The van der Waals surface area contributed by atoms with E-state index in [-0.39, 0.29) is 0 Å². The average molecular weight is 332 g/mol. The Bertz CT molecular complexity index is 771. The van der Waals surface area contributed by atoms with Crippen LogP contribution in [0.3, 0.4) is 0 Å². The van der Waals surface area contributed by atoms with Gasteiger partial charge >= 0.3 is 0 Å². The van der Waals surface area contributed by atoms with E-state index in [0.717, 1.165) is 54.6 Å². The second kappa shape index (κ2) is 6.94. The van der Waals surface area contributed by atoms with E-state index in [1.165, 1.54) is 0 Å². The molecule has 3 aromatic heterocycles. The zero-order valence-electron chi connectivity index (χ0n) is 14.2. The van der Waals surface area contributed by atoms with Crippen molar-refractivity contribution < 1.29 is 0 Å². The molecular weight excluding hydrogens is 312 g/mol. The number of piperazine rings is 1. The molecule has 0 spiro atoms. The van der Waals surface area contributed by atoms with Crippen molar-refractivity contribution >= 4 is 5.82 Å². The van der Waals surface area contributed by atoms with Crippen molar-refractivity contribution in [1.82, 2.24) is 24.8 Å². The Morgan fingerprint density at radius 2 is 1.36 bits per heavy atom. The number of pyridine rings is 2. The quantitative estimate of drug-likeness (QED) is 0.734. The summed E-state index contributed by atoms with van der Waals surface area (Å²) in [5, 5.41) is 0. The molecule has 1 aliphatic rings. The highest BCUT2D eigenvalue weighted by Crippen LogP contribution is 2.26. The van der Waals surface area contributed by atoms with Crippen molar-refractivity contribution in [3.63, 3.8) is 0 Å². The third-order valence-electron chi connectivity index (χ3n) is 4.45. The highest BCUT2D eigenvalue weighted by Gasteiger charge is 2.18. The summed E-state index contributed by atoms with van der Waals surface area (Å²) in [4.78, 5) is 22.5. The van der Waals surface area contributed by atoms with Gasteiger partial charge in [-0.05, 0) is 31.3 Å². The van der Waals surface area contributed by atoms with Crippen LogP contribution in [0.1, 0.15) is 0 Å². The molecule has 0 unspecified atom stereocenters. The van der Waals surface area contributed by atoms with E-state index in [0.29, 0.717) is 0 Å². The standard InChI is InChI=1S/C19H20N6/c1-24-10-12-25(13-11-24)18-14-17(15-2-6-20-7-3-15)22-19(23-18)16-4-8-21-9-5-16/h2-9,14H,10-13H2,1H3. The Labute approximate surface area is 147 Å². The molecule has 1 fully saturated rings. The maximum absolute atomic E-state index is 4.83. The van der Waals surface area contributed by atoms with Crippen LogP contribution in [0.2, 0.25) is 0 Å². The van der Waals surface area contributed by atoms with Gasteiger partial charge in [0.15, 0.2) is 5.82 Å². The first-order chi connectivity index (χ1) is 12.3. The lowest BCUT2D eigenvalue weighted by molar-refractivity contribution is 0.312. The predicted octanol–water partition coefficient (Wildman–Crippen LogP) is 2.35. The summed E-state index contributed by atoms with van der Waals surface area (Å²) in [5.41, 5.74) is 2.93. The van der Waals surface area contributed by atoms with E-state index in [9.17, 15) is 0 Å². The van der Waals surface area contributed by atoms with Crippen molar-refractivity contribution in [1.29, 1.82) is 0 Å². The summed E-state index contributed by atoms with van der Waals surface area (Å²) >= 11 is 0. The Kier molecular flexibility index (Phi) is 4.35. The second-order valence-corrected chi connectivity index (χ2v) is 6.20. The average Bonchev–Trinajstić information content (AvgIpc) is 2.69. The van der Waals surface area contributed by atoms with Crippen LogP contribution in [0.4, 0.5) is 5.82 Å². The van der Waals surface area contributed by atoms with Gasteiger partial charge in [0.1, 0.15) is 5.82 Å². The van der Waals surface area contributed by atoms with Gasteiger partial charge in [0.05, 0.1) is 5.69 Å². The SMILES string of the molecule is CN1CCN(c2cc(-c3ccncc3)nc(-c3ccncc3)n2)CC1. The summed E-state index contributed by atoms with van der Waals surface area (Å²) in [6.45, 7) is 4.02. The van der Waals surface area contributed by atoms with Gasteiger partial charge in [-0.1, -0.05) is 0 Å². The highest BCUT2D eigenvalue weighted by atomic mass is 15.3. The van der Waals surface area contributed by atoms with E-state index in [2.05, 4.69) is 32.9 Å². The number of aromatic nitrogens is 4.